The van der Waals surface area contributed by atoms with Gasteiger partial charge in [0, 0.05) is 31.7 Å². The number of thiocarbonyl (C=S) groups is 1. The predicted molar refractivity (Wildman–Crippen MR) is 93.0 cm³/mol. The van der Waals surface area contributed by atoms with Gasteiger partial charge in [-0.15, -0.1) is 0 Å². The standard InChI is InChI=1S/C15H22N4O3S/c1-11(13-10-12(20)2-3-14(13)21)17-18-15(23)16-4-5-19-6-8-22-9-7-19/h2-3,10,20-21H,4-9H2,1H3,(H2,16,18,23)/b17-11+. The second-order valence-electron chi connectivity index (χ2n) is 5.22. The first-order valence-corrected chi connectivity index (χ1v) is 7.87. The van der Waals surface area contributed by atoms with Crippen molar-refractivity contribution in [1.29, 1.82) is 0 Å². The summed E-state index contributed by atoms with van der Waals surface area (Å²) in [5.41, 5.74) is 3.71. The number of nitrogens with zero attached hydrogens (tertiary/aromatic N) is 2. The molecule has 1 heterocycles. The number of phenolic OH excluding ortho intramolecular Hbond substituents is 2. The molecular formula is C15H22N4O3S. The van der Waals surface area contributed by atoms with Crippen LogP contribution in [0.2, 0.25) is 0 Å². The summed E-state index contributed by atoms with van der Waals surface area (Å²) in [4.78, 5) is 2.30. The number of phenols is 2. The van der Waals surface area contributed by atoms with Crippen molar-refractivity contribution in [3.8, 4) is 11.5 Å². The Kier molecular flexibility index (Phi) is 6.57. The van der Waals surface area contributed by atoms with Crippen LogP contribution < -0.4 is 10.7 Å². The van der Waals surface area contributed by atoms with Crippen molar-refractivity contribution < 1.29 is 14.9 Å². The van der Waals surface area contributed by atoms with Crippen LogP contribution in [-0.2, 0) is 4.74 Å². The van der Waals surface area contributed by atoms with Crippen LogP contribution in [-0.4, -0.2) is 65.3 Å². The van der Waals surface area contributed by atoms with Gasteiger partial charge in [-0.1, -0.05) is 0 Å². The SMILES string of the molecule is C/C(=N\NC(=S)NCCN1CCOCC1)c1cc(O)ccc1O. The molecule has 7 nitrogen and oxygen atoms in total. The minimum absolute atomic E-state index is 0.0528. The molecule has 0 aliphatic carbocycles. The van der Waals surface area contributed by atoms with Gasteiger partial charge >= 0.3 is 0 Å². The Labute approximate surface area is 140 Å². The van der Waals surface area contributed by atoms with Gasteiger partial charge in [-0.05, 0) is 37.3 Å². The third kappa shape index (κ3) is 5.66. The molecule has 8 heteroatoms. The Morgan fingerprint density at radius 1 is 1.35 bits per heavy atom. The summed E-state index contributed by atoms with van der Waals surface area (Å²) in [5.74, 6) is 0.121. The van der Waals surface area contributed by atoms with Crippen molar-refractivity contribution >= 4 is 23.0 Å². The lowest BCUT2D eigenvalue weighted by atomic mass is 10.1. The predicted octanol–water partition coefficient (Wildman–Crippen LogP) is 0.618. The molecule has 23 heavy (non-hydrogen) atoms. The van der Waals surface area contributed by atoms with Gasteiger partial charge in [0.05, 0.1) is 18.9 Å². The Morgan fingerprint density at radius 2 is 2.09 bits per heavy atom. The number of ether oxygens (including phenoxy) is 1. The summed E-state index contributed by atoms with van der Waals surface area (Å²) in [5, 5.41) is 26.9. The van der Waals surface area contributed by atoms with Crippen LogP contribution in [0.4, 0.5) is 0 Å². The van der Waals surface area contributed by atoms with E-state index >= 15 is 0 Å². The molecule has 0 aromatic heterocycles. The van der Waals surface area contributed by atoms with Gasteiger partial charge in [-0.25, -0.2) is 0 Å². The van der Waals surface area contributed by atoms with Gasteiger partial charge < -0.3 is 20.3 Å². The molecule has 1 fully saturated rings. The number of hydrogen-bond acceptors (Lipinski definition) is 6. The molecular weight excluding hydrogens is 316 g/mol. The highest BCUT2D eigenvalue weighted by Gasteiger charge is 2.09. The van der Waals surface area contributed by atoms with E-state index < -0.39 is 0 Å². The number of hydrogen-bond donors (Lipinski definition) is 4. The molecule has 0 bridgehead atoms. The van der Waals surface area contributed by atoms with E-state index in [0.29, 0.717) is 16.4 Å². The minimum atomic E-state index is 0.0528. The van der Waals surface area contributed by atoms with E-state index in [1.54, 1.807) is 6.92 Å². The third-order valence-corrected chi connectivity index (χ3v) is 3.75. The first-order valence-electron chi connectivity index (χ1n) is 7.47. The van der Waals surface area contributed by atoms with Gasteiger partial charge in [-0.3, -0.25) is 10.3 Å². The number of rotatable bonds is 5. The van der Waals surface area contributed by atoms with Gasteiger partial charge in [0.1, 0.15) is 11.5 Å². The zero-order valence-corrected chi connectivity index (χ0v) is 13.9. The Hall–Kier alpha value is -1.90. The second kappa shape index (κ2) is 8.66. The number of benzene rings is 1. The highest BCUT2D eigenvalue weighted by molar-refractivity contribution is 7.80. The van der Waals surface area contributed by atoms with Crippen molar-refractivity contribution in [2.75, 3.05) is 39.4 Å². The van der Waals surface area contributed by atoms with Crippen molar-refractivity contribution in [2.45, 2.75) is 6.92 Å². The quantitative estimate of drug-likeness (QED) is 0.271. The zero-order chi connectivity index (χ0) is 16.7. The van der Waals surface area contributed by atoms with Crippen molar-refractivity contribution in [3.05, 3.63) is 23.8 Å². The van der Waals surface area contributed by atoms with E-state index in [9.17, 15) is 10.2 Å². The van der Waals surface area contributed by atoms with Crippen LogP contribution in [0.15, 0.2) is 23.3 Å². The van der Waals surface area contributed by atoms with E-state index in [4.69, 9.17) is 17.0 Å². The summed E-state index contributed by atoms with van der Waals surface area (Å²) >= 11 is 5.16. The van der Waals surface area contributed by atoms with E-state index in [0.717, 1.165) is 39.4 Å². The van der Waals surface area contributed by atoms with E-state index in [-0.39, 0.29) is 11.5 Å². The molecule has 0 unspecified atom stereocenters. The molecule has 2 rings (SSSR count). The summed E-state index contributed by atoms with van der Waals surface area (Å²) in [6.45, 7) is 6.77. The van der Waals surface area contributed by atoms with Crippen LogP contribution in [0.1, 0.15) is 12.5 Å². The van der Waals surface area contributed by atoms with Gasteiger partial charge in [0.25, 0.3) is 0 Å². The maximum absolute atomic E-state index is 9.77. The molecule has 0 radical (unpaired) electrons. The lowest BCUT2D eigenvalue weighted by molar-refractivity contribution is 0.0389. The largest absolute Gasteiger partial charge is 0.508 e. The summed E-state index contributed by atoms with van der Waals surface area (Å²) in [6, 6.07) is 4.28. The van der Waals surface area contributed by atoms with Gasteiger partial charge in [-0.2, -0.15) is 5.10 Å². The first-order chi connectivity index (χ1) is 11.1. The van der Waals surface area contributed by atoms with Crippen LogP contribution in [0.25, 0.3) is 0 Å². The average Bonchev–Trinajstić information content (AvgIpc) is 2.56. The summed E-state index contributed by atoms with van der Waals surface area (Å²) < 4.78 is 5.30. The van der Waals surface area contributed by atoms with Crippen molar-refractivity contribution in [1.82, 2.24) is 15.6 Å². The smallest absolute Gasteiger partial charge is 0.187 e. The zero-order valence-electron chi connectivity index (χ0n) is 13.1. The molecule has 1 aromatic carbocycles. The van der Waals surface area contributed by atoms with Crippen LogP contribution in [0, 0.1) is 0 Å². The fraction of sp³-hybridized carbons (Fsp3) is 0.467. The third-order valence-electron chi connectivity index (χ3n) is 3.51. The van der Waals surface area contributed by atoms with Crippen LogP contribution in [0.3, 0.4) is 0 Å². The Balaban J connectivity index is 1.77. The molecule has 4 N–H and O–H groups in total. The lowest BCUT2D eigenvalue weighted by Crippen LogP contribution is -2.42. The summed E-state index contributed by atoms with van der Waals surface area (Å²) in [6.07, 6.45) is 0. The molecule has 0 atom stereocenters. The van der Waals surface area contributed by atoms with Crippen molar-refractivity contribution in [2.24, 2.45) is 5.10 Å². The van der Waals surface area contributed by atoms with Gasteiger partial charge in [0.2, 0.25) is 0 Å². The molecule has 1 aromatic rings. The first kappa shape index (κ1) is 17.5. The average molecular weight is 338 g/mol. The lowest BCUT2D eigenvalue weighted by Gasteiger charge is -2.26. The topological polar surface area (TPSA) is 89.4 Å². The number of aromatic hydroxyl groups is 2. The fourth-order valence-electron chi connectivity index (χ4n) is 2.20. The molecule has 1 aliphatic rings. The summed E-state index contributed by atoms with van der Waals surface area (Å²) in [7, 11) is 0. The number of hydrazone groups is 1. The molecule has 126 valence electrons. The molecule has 0 spiro atoms. The van der Waals surface area contributed by atoms with E-state index in [2.05, 4.69) is 20.7 Å². The molecule has 1 aliphatic heterocycles. The molecule has 0 amide bonds. The Morgan fingerprint density at radius 3 is 2.83 bits per heavy atom. The highest BCUT2D eigenvalue weighted by atomic mass is 32.1. The molecule has 0 saturated carbocycles. The number of nitrogens with one attached hydrogen (secondary N) is 2. The maximum Gasteiger partial charge on any atom is 0.187 e. The van der Waals surface area contributed by atoms with Gasteiger partial charge in [0.15, 0.2) is 5.11 Å². The normalized spacial score (nSPS) is 16.1. The second-order valence-corrected chi connectivity index (χ2v) is 5.63. The Bertz CT molecular complexity index is 574. The van der Waals surface area contributed by atoms with Crippen LogP contribution >= 0.6 is 12.2 Å². The van der Waals surface area contributed by atoms with E-state index in [1.165, 1.54) is 18.2 Å². The highest BCUT2D eigenvalue weighted by Crippen LogP contribution is 2.22. The molecule has 1 saturated heterocycles. The van der Waals surface area contributed by atoms with Crippen LogP contribution in [0.5, 0.6) is 11.5 Å². The van der Waals surface area contributed by atoms with E-state index in [1.807, 2.05) is 0 Å². The van der Waals surface area contributed by atoms with Crippen molar-refractivity contribution in [3.63, 3.8) is 0 Å². The fourth-order valence-corrected chi connectivity index (χ4v) is 2.35. The number of morpholine rings is 1. The minimum Gasteiger partial charge on any atom is -0.508 e. The maximum atomic E-state index is 9.77. The monoisotopic (exact) mass is 338 g/mol.